The van der Waals surface area contributed by atoms with Crippen LogP contribution < -0.4 is 4.90 Å². The molecule has 8 heteroatoms. The molecule has 1 N–H and O–H groups in total. The number of rotatable bonds is 5. The van der Waals surface area contributed by atoms with Gasteiger partial charge in [0, 0.05) is 31.2 Å². The molecular weight excluding hydrogens is 444 g/mol. The molecule has 2 aliphatic rings. The van der Waals surface area contributed by atoms with E-state index in [2.05, 4.69) is 52.8 Å². The van der Waals surface area contributed by atoms with Crippen LogP contribution in [0.15, 0.2) is 42.5 Å². The van der Waals surface area contributed by atoms with Crippen LogP contribution in [0.25, 0.3) is 11.0 Å². The molecule has 0 spiro atoms. The Hall–Kier alpha value is -3.55. The smallest absolute Gasteiger partial charge is 0.409 e. The topological polar surface area (TPSA) is 87.9 Å². The van der Waals surface area contributed by atoms with Gasteiger partial charge in [0.2, 0.25) is 5.95 Å². The van der Waals surface area contributed by atoms with Gasteiger partial charge in [-0.3, -0.25) is 4.79 Å². The minimum atomic E-state index is -0.749. The first-order valence-electron chi connectivity index (χ1n) is 12.3. The van der Waals surface area contributed by atoms with Crippen molar-refractivity contribution in [1.29, 1.82) is 0 Å². The maximum absolute atomic E-state index is 12.3. The Labute approximate surface area is 205 Å². The number of imidazole rings is 1. The number of amides is 1. The Kier molecular flexibility index (Phi) is 6.36. The van der Waals surface area contributed by atoms with Gasteiger partial charge in [0.25, 0.3) is 0 Å². The zero-order valence-corrected chi connectivity index (χ0v) is 20.3. The molecule has 2 aromatic carbocycles. The van der Waals surface area contributed by atoms with Gasteiger partial charge in [-0.25, -0.2) is 9.78 Å². The summed E-state index contributed by atoms with van der Waals surface area (Å²) in [7, 11) is 1.41. The lowest BCUT2D eigenvalue weighted by molar-refractivity contribution is -0.141. The van der Waals surface area contributed by atoms with E-state index < -0.39 is 11.9 Å². The van der Waals surface area contributed by atoms with Crippen LogP contribution >= 0.6 is 0 Å². The van der Waals surface area contributed by atoms with Gasteiger partial charge >= 0.3 is 12.1 Å². The highest BCUT2D eigenvalue weighted by Crippen LogP contribution is 2.35. The van der Waals surface area contributed by atoms with Crippen LogP contribution in [-0.2, 0) is 28.9 Å². The quantitative estimate of drug-likeness (QED) is 0.592. The van der Waals surface area contributed by atoms with Crippen molar-refractivity contribution in [2.75, 3.05) is 31.6 Å². The molecule has 0 aliphatic carbocycles. The summed E-state index contributed by atoms with van der Waals surface area (Å²) in [4.78, 5) is 33.0. The second-order valence-electron chi connectivity index (χ2n) is 9.66. The maximum Gasteiger partial charge on any atom is 0.409 e. The first kappa shape index (κ1) is 23.2. The summed E-state index contributed by atoms with van der Waals surface area (Å²) in [5, 5.41) is 9.68. The Morgan fingerprint density at radius 3 is 2.71 bits per heavy atom. The number of benzene rings is 2. The number of aliphatic carboxylic acids is 1. The van der Waals surface area contributed by atoms with Crippen LogP contribution in [0.5, 0.6) is 0 Å². The summed E-state index contributed by atoms with van der Waals surface area (Å²) in [6.07, 6.45) is 2.77. The Morgan fingerprint density at radius 1 is 1.17 bits per heavy atom. The molecule has 3 aromatic rings. The zero-order valence-electron chi connectivity index (χ0n) is 20.3. The number of fused-ring (bicyclic) bond motifs is 3. The molecule has 1 aromatic heterocycles. The van der Waals surface area contributed by atoms with Crippen molar-refractivity contribution < 1.29 is 19.4 Å². The van der Waals surface area contributed by atoms with Crippen LogP contribution in [0, 0.1) is 5.92 Å². The molecule has 0 unspecified atom stereocenters. The lowest BCUT2D eigenvalue weighted by Crippen LogP contribution is -2.40. The number of carboxylic acids is 1. The van der Waals surface area contributed by atoms with Gasteiger partial charge in [0.05, 0.1) is 30.6 Å². The lowest BCUT2D eigenvalue weighted by atomic mass is 9.98. The number of methoxy groups -OCH3 is 1. The normalized spacial score (nSPS) is 18.9. The number of carbonyl (C=O) groups excluding carboxylic acids is 1. The first-order chi connectivity index (χ1) is 17.0. The van der Waals surface area contributed by atoms with E-state index >= 15 is 0 Å². The molecule has 0 saturated carbocycles. The van der Waals surface area contributed by atoms with Crippen molar-refractivity contribution in [2.45, 2.75) is 45.2 Å². The van der Waals surface area contributed by atoms with Crippen LogP contribution in [0.4, 0.5) is 10.7 Å². The fourth-order valence-corrected chi connectivity index (χ4v) is 5.53. The molecule has 184 valence electrons. The lowest BCUT2D eigenvalue weighted by Gasteiger charge is -2.33. The van der Waals surface area contributed by atoms with Gasteiger partial charge in [-0.1, -0.05) is 36.4 Å². The minimum absolute atomic E-state index is 0.112. The van der Waals surface area contributed by atoms with E-state index in [1.165, 1.54) is 18.2 Å². The van der Waals surface area contributed by atoms with Crippen LogP contribution in [0.3, 0.4) is 0 Å². The maximum atomic E-state index is 12.3. The summed E-state index contributed by atoms with van der Waals surface area (Å²) in [6, 6.07) is 14.8. The minimum Gasteiger partial charge on any atom is -0.481 e. The summed E-state index contributed by atoms with van der Waals surface area (Å²) in [5.74, 6) is -0.330. The summed E-state index contributed by atoms with van der Waals surface area (Å²) in [6.45, 7) is 4.50. The molecule has 5 rings (SSSR count). The molecule has 2 aliphatic heterocycles. The van der Waals surface area contributed by atoms with Gasteiger partial charge in [0.15, 0.2) is 0 Å². The number of carbonyl (C=O) groups is 2. The van der Waals surface area contributed by atoms with E-state index in [4.69, 9.17) is 9.72 Å². The van der Waals surface area contributed by atoms with Gasteiger partial charge in [-0.15, -0.1) is 0 Å². The Balaban J connectivity index is 1.60. The predicted molar refractivity (Wildman–Crippen MR) is 134 cm³/mol. The summed E-state index contributed by atoms with van der Waals surface area (Å²) < 4.78 is 7.25. The molecule has 0 bridgehead atoms. The highest BCUT2D eigenvalue weighted by Gasteiger charge is 2.31. The number of nitrogens with zero attached hydrogens (tertiary/aromatic N) is 4. The van der Waals surface area contributed by atoms with Crippen molar-refractivity contribution in [1.82, 2.24) is 14.5 Å². The number of hydrogen-bond donors (Lipinski definition) is 1. The molecule has 3 heterocycles. The van der Waals surface area contributed by atoms with E-state index in [9.17, 15) is 14.7 Å². The van der Waals surface area contributed by atoms with Crippen molar-refractivity contribution >= 4 is 29.0 Å². The number of anilines is 1. The standard InChI is InChI=1S/C27H32N4O4/c1-18(15-19-7-4-3-5-8-19)31-23-11-10-20-12-14-30(27(34)35-2)17-22(20)24(23)28-26(31)29-13-6-9-21(16-29)25(32)33/h3-5,7-8,10-11,18,21H,6,9,12-17H2,1-2H3,(H,32,33)/t18-,21+/m1/s1. The number of aromatic nitrogens is 2. The van der Waals surface area contributed by atoms with Gasteiger partial charge in [0.1, 0.15) is 0 Å². The molecule has 1 saturated heterocycles. The fraction of sp³-hybridized carbons (Fsp3) is 0.444. The monoisotopic (exact) mass is 476 g/mol. The van der Waals surface area contributed by atoms with E-state index in [-0.39, 0.29) is 12.1 Å². The molecule has 35 heavy (non-hydrogen) atoms. The van der Waals surface area contributed by atoms with Crippen molar-refractivity contribution in [3.05, 3.63) is 59.2 Å². The van der Waals surface area contributed by atoms with E-state index in [0.717, 1.165) is 48.4 Å². The number of piperidine rings is 1. The molecular formula is C27H32N4O4. The molecule has 0 radical (unpaired) electrons. The highest BCUT2D eigenvalue weighted by molar-refractivity contribution is 5.85. The van der Waals surface area contributed by atoms with Crippen molar-refractivity contribution in [3.8, 4) is 0 Å². The van der Waals surface area contributed by atoms with Crippen LogP contribution in [0.1, 0.15) is 42.5 Å². The Morgan fingerprint density at radius 2 is 1.97 bits per heavy atom. The Bertz CT molecular complexity index is 1240. The second kappa shape index (κ2) is 9.60. The number of carboxylic acid groups (broad SMARTS) is 1. The zero-order chi connectivity index (χ0) is 24.5. The number of ether oxygens (including phenoxy) is 1. The molecule has 2 atom stereocenters. The average Bonchev–Trinajstić information content (AvgIpc) is 3.29. The fourth-order valence-electron chi connectivity index (χ4n) is 5.53. The van der Waals surface area contributed by atoms with Crippen molar-refractivity contribution in [3.63, 3.8) is 0 Å². The molecule has 8 nitrogen and oxygen atoms in total. The van der Waals surface area contributed by atoms with E-state index in [1.54, 1.807) is 4.90 Å². The SMILES string of the molecule is COC(=O)N1CCc2ccc3c(nc(N4CCC[C@H](C(=O)O)C4)n3[C@H](C)Cc3ccccc3)c2C1. The summed E-state index contributed by atoms with van der Waals surface area (Å²) >= 11 is 0. The molecule has 1 fully saturated rings. The average molecular weight is 477 g/mol. The van der Waals surface area contributed by atoms with Crippen LogP contribution in [-0.4, -0.2) is 58.4 Å². The third-order valence-electron chi connectivity index (χ3n) is 7.35. The third kappa shape index (κ3) is 4.45. The third-order valence-corrected chi connectivity index (χ3v) is 7.35. The van der Waals surface area contributed by atoms with Gasteiger partial charge in [-0.05, 0) is 49.8 Å². The van der Waals surface area contributed by atoms with Gasteiger partial charge < -0.3 is 24.2 Å². The van der Waals surface area contributed by atoms with Crippen LogP contribution in [0.2, 0.25) is 0 Å². The van der Waals surface area contributed by atoms with E-state index in [1.807, 2.05) is 6.07 Å². The second-order valence-corrected chi connectivity index (χ2v) is 9.66. The predicted octanol–water partition coefficient (Wildman–Crippen LogP) is 4.27. The highest BCUT2D eigenvalue weighted by atomic mass is 16.5. The van der Waals surface area contributed by atoms with E-state index in [0.29, 0.717) is 26.1 Å². The van der Waals surface area contributed by atoms with Gasteiger partial charge in [-0.2, -0.15) is 0 Å². The largest absolute Gasteiger partial charge is 0.481 e. The first-order valence-corrected chi connectivity index (χ1v) is 12.3. The summed E-state index contributed by atoms with van der Waals surface area (Å²) in [5.41, 5.74) is 5.41. The van der Waals surface area contributed by atoms with Crippen molar-refractivity contribution in [2.24, 2.45) is 5.92 Å². The number of hydrogen-bond acceptors (Lipinski definition) is 5. The molecule has 1 amide bonds.